The van der Waals surface area contributed by atoms with E-state index in [4.69, 9.17) is 5.26 Å². The number of hydrogen-bond donors (Lipinski definition) is 2. The molecule has 0 bridgehead atoms. The van der Waals surface area contributed by atoms with Crippen LogP contribution >= 0.6 is 0 Å². The maximum atomic E-state index is 11.5. The van der Waals surface area contributed by atoms with Crippen molar-refractivity contribution >= 4 is 11.6 Å². The maximum Gasteiger partial charge on any atom is 0.221 e. The second-order valence-electron chi connectivity index (χ2n) is 4.25. The summed E-state index contributed by atoms with van der Waals surface area (Å²) in [7, 11) is 0. The Morgan fingerprint density at radius 1 is 1.50 bits per heavy atom. The molecule has 0 aliphatic heterocycles. The molecule has 1 aromatic rings. The molecule has 4 nitrogen and oxygen atoms in total. The van der Waals surface area contributed by atoms with Crippen LogP contribution in [0.3, 0.4) is 0 Å². The molecule has 0 aliphatic rings. The fourth-order valence-corrected chi connectivity index (χ4v) is 1.47. The number of carbonyl (C=O) groups excluding carboxylic acids is 1. The number of carbonyl (C=O) groups is 1. The van der Waals surface area contributed by atoms with Crippen LogP contribution in [0.25, 0.3) is 0 Å². The second kappa shape index (κ2) is 7.33. The molecule has 96 valence electrons. The van der Waals surface area contributed by atoms with Crippen molar-refractivity contribution in [1.29, 1.82) is 5.26 Å². The summed E-state index contributed by atoms with van der Waals surface area (Å²) in [5, 5.41) is 14.8. The predicted octanol–water partition coefficient (Wildman–Crippen LogP) is 2.27. The average molecular weight is 245 g/mol. The van der Waals surface area contributed by atoms with Gasteiger partial charge in [0.1, 0.15) is 0 Å². The van der Waals surface area contributed by atoms with E-state index < -0.39 is 0 Å². The maximum absolute atomic E-state index is 11.5. The molecule has 0 spiro atoms. The fraction of sp³-hybridized carbons (Fsp3) is 0.429. The molecule has 0 heterocycles. The van der Waals surface area contributed by atoms with Crippen molar-refractivity contribution in [2.24, 2.45) is 0 Å². The molecular formula is C14H19N3O. The van der Waals surface area contributed by atoms with Gasteiger partial charge in [0.05, 0.1) is 11.6 Å². The van der Waals surface area contributed by atoms with Crippen LogP contribution in [-0.2, 0) is 4.79 Å². The first-order valence-electron chi connectivity index (χ1n) is 6.19. The fourth-order valence-electron chi connectivity index (χ4n) is 1.47. The van der Waals surface area contributed by atoms with Gasteiger partial charge in [-0.3, -0.25) is 4.79 Å². The van der Waals surface area contributed by atoms with Gasteiger partial charge in [0, 0.05) is 24.7 Å². The molecule has 18 heavy (non-hydrogen) atoms. The molecule has 0 fully saturated rings. The zero-order valence-electron chi connectivity index (χ0n) is 10.9. The van der Waals surface area contributed by atoms with Crippen molar-refractivity contribution in [3.63, 3.8) is 0 Å². The minimum atomic E-state index is 0.0493. The molecule has 1 atom stereocenters. The topological polar surface area (TPSA) is 64.9 Å². The van der Waals surface area contributed by atoms with Gasteiger partial charge in [0.15, 0.2) is 0 Å². The number of benzene rings is 1. The highest BCUT2D eigenvalue weighted by molar-refractivity contribution is 5.76. The van der Waals surface area contributed by atoms with Crippen LogP contribution in [0.1, 0.15) is 32.3 Å². The summed E-state index contributed by atoms with van der Waals surface area (Å²) in [6, 6.07) is 9.53. The summed E-state index contributed by atoms with van der Waals surface area (Å²) in [6.07, 6.45) is 1.37. The SMILES string of the molecule is CCC(C)NC(=O)CCNc1cccc(C#N)c1. The largest absolute Gasteiger partial charge is 0.384 e. The molecule has 1 aromatic carbocycles. The zero-order valence-corrected chi connectivity index (χ0v) is 10.9. The Morgan fingerprint density at radius 3 is 2.94 bits per heavy atom. The van der Waals surface area contributed by atoms with Crippen molar-refractivity contribution < 1.29 is 4.79 Å². The first-order chi connectivity index (χ1) is 8.65. The Labute approximate surface area is 108 Å². The summed E-state index contributed by atoms with van der Waals surface area (Å²) in [6.45, 7) is 4.59. The van der Waals surface area contributed by atoms with Crippen LogP contribution in [0.15, 0.2) is 24.3 Å². The van der Waals surface area contributed by atoms with Gasteiger partial charge in [-0.1, -0.05) is 13.0 Å². The number of nitrogens with zero attached hydrogens (tertiary/aromatic N) is 1. The van der Waals surface area contributed by atoms with E-state index >= 15 is 0 Å². The van der Waals surface area contributed by atoms with Crippen LogP contribution in [0.5, 0.6) is 0 Å². The summed E-state index contributed by atoms with van der Waals surface area (Å²) >= 11 is 0. The van der Waals surface area contributed by atoms with Gasteiger partial charge in [-0.2, -0.15) is 5.26 Å². The third-order valence-corrected chi connectivity index (χ3v) is 2.69. The summed E-state index contributed by atoms with van der Waals surface area (Å²) < 4.78 is 0. The van der Waals surface area contributed by atoms with Crippen LogP contribution in [0, 0.1) is 11.3 Å². The van der Waals surface area contributed by atoms with Gasteiger partial charge in [-0.05, 0) is 31.5 Å². The number of amides is 1. The van der Waals surface area contributed by atoms with Crippen molar-refractivity contribution in [1.82, 2.24) is 5.32 Å². The Bertz CT molecular complexity index is 437. The Morgan fingerprint density at radius 2 is 2.28 bits per heavy atom. The molecule has 0 aliphatic carbocycles. The third-order valence-electron chi connectivity index (χ3n) is 2.69. The minimum absolute atomic E-state index is 0.0493. The smallest absolute Gasteiger partial charge is 0.221 e. The van der Waals surface area contributed by atoms with Crippen molar-refractivity contribution in [3.05, 3.63) is 29.8 Å². The van der Waals surface area contributed by atoms with Crippen LogP contribution in [0.2, 0.25) is 0 Å². The molecule has 0 aromatic heterocycles. The van der Waals surface area contributed by atoms with E-state index in [9.17, 15) is 4.79 Å². The van der Waals surface area contributed by atoms with Gasteiger partial charge in [-0.15, -0.1) is 0 Å². The van der Waals surface area contributed by atoms with E-state index in [-0.39, 0.29) is 11.9 Å². The lowest BCUT2D eigenvalue weighted by Crippen LogP contribution is -2.32. The lowest BCUT2D eigenvalue weighted by Gasteiger charge is -2.12. The Balaban J connectivity index is 2.33. The van der Waals surface area contributed by atoms with Crippen molar-refractivity contribution in [2.75, 3.05) is 11.9 Å². The van der Waals surface area contributed by atoms with E-state index in [1.54, 1.807) is 12.1 Å². The van der Waals surface area contributed by atoms with Gasteiger partial charge in [0.2, 0.25) is 5.91 Å². The summed E-state index contributed by atoms with van der Waals surface area (Å²) in [4.78, 5) is 11.5. The summed E-state index contributed by atoms with van der Waals surface area (Å²) in [5.41, 5.74) is 1.48. The van der Waals surface area contributed by atoms with E-state index in [0.29, 0.717) is 18.5 Å². The monoisotopic (exact) mass is 245 g/mol. The Kier molecular flexibility index (Phi) is 5.72. The highest BCUT2D eigenvalue weighted by atomic mass is 16.1. The van der Waals surface area contributed by atoms with E-state index in [2.05, 4.69) is 16.7 Å². The molecule has 1 amide bonds. The first-order valence-corrected chi connectivity index (χ1v) is 6.19. The quantitative estimate of drug-likeness (QED) is 0.808. The minimum Gasteiger partial charge on any atom is -0.384 e. The third kappa shape index (κ3) is 4.88. The molecule has 0 saturated heterocycles. The number of anilines is 1. The first kappa shape index (κ1) is 14.0. The molecular weight excluding hydrogens is 226 g/mol. The number of hydrogen-bond acceptors (Lipinski definition) is 3. The number of nitrogens with one attached hydrogen (secondary N) is 2. The average Bonchev–Trinajstić information content (AvgIpc) is 2.38. The second-order valence-corrected chi connectivity index (χ2v) is 4.25. The van der Waals surface area contributed by atoms with Gasteiger partial charge < -0.3 is 10.6 Å². The molecule has 2 N–H and O–H groups in total. The van der Waals surface area contributed by atoms with Crippen LogP contribution in [0.4, 0.5) is 5.69 Å². The van der Waals surface area contributed by atoms with E-state index in [0.717, 1.165) is 12.1 Å². The van der Waals surface area contributed by atoms with Crippen molar-refractivity contribution in [2.45, 2.75) is 32.7 Å². The van der Waals surface area contributed by atoms with Gasteiger partial charge >= 0.3 is 0 Å². The van der Waals surface area contributed by atoms with Gasteiger partial charge in [0.25, 0.3) is 0 Å². The zero-order chi connectivity index (χ0) is 13.4. The lowest BCUT2D eigenvalue weighted by atomic mass is 10.2. The summed E-state index contributed by atoms with van der Waals surface area (Å²) in [5.74, 6) is 0.0493. The van der Waals surface area contributed by atoms with Crippen LogP contribution in [-0.4, -0.2) is 18.5 Å². The van der Waals surface area contributed by atoms with Gasteiger partial charge in [-0.25, -0.2) is 0 Å². The molecule has 0 radical (unpaired) electrons. The lowest BCUT2D eigenvalue weighted by molar-refractivity contribution is -0.121. The Hall–Kier alpha value is -2.02. The van der Waals surface area contributed by atoms with E-state index in [1.165, 1.54) is 0 Å². The molecule has 4 heteroatoms. The molecule has 0 saturated carbocycles. The predicted molar refractivity (Wildman–Crippen MR) is 72.2 cm³/mol. The normalized spacial score (nSPS) is 11.4. The van der Waals surface area contributed by atoms with Crippen molar-refractivity contribution in [3.8, 4) is 6.07 Å². The van der Waals surface area contributed by atoms with Crippen LogP contribution < -0.4 is 10.6 Å². The van der Waals surface area contributed by atoms with E-state index in [1.807, 2.05) is 26.0 Å². The standard InChI is InChI=1S/C14H19N3O/c1-3-11(2)17-14(18)7-8-16-13-6-4-5-12(9-13)10-15/h4-6,9,11,16H,3,7-8H2,1-2H3,(H,17,18). The molecule has 1 unspecified atom stereocenters. The number of rotatable bonds is 6. The number of nitriles is 1. The highest BCUT2D eigenvalue weighted by Gasteiger charge is 2.04. The highest BCUT2D eigenvalue weighted by Crippen LogP contribution is 2.09. The molecule has 1 rings (SSSR count).